The van der Waals surface area contributed by atoms with Crippen LogP contribution < -0.4 is 5.32 Å². The third-order valence-electron chi connectivity index (χ3n) is 2.63. The van der Waals surface area contributed by atoms with E-state index in [0.29, 0.717) is 0 Å². The summed E-state index contributed by atoms with van der Waals surface area (Å²) in [5.74, 6) is -1.32. The Labute approximate surface area is 117 Å². The molecule has 5 heteroatoms. The highest BCUT2D eigenvalue weighted by Crippen LogP contribution is 2.33. The zero-order chi connectivity index (χ0) is 14.6. The van der Waals surface area contributed by atoms with Crippen LogP contribution in [0.4, 0.5) is 0 Å². The van der Waals surface area contributed by atoms with Crippen molar-refractivity contribution in [2.75, 3.05) is 0 Å². The molecule has 2 N–H and O–H groups in total. The molecule has 0 saturated heterocycles. The normalized spacial score (nSPS) is 12.8. The number of hydrogen-bond acceptors (Lipinski definition) is 3. The van der Waals surface area contributed by atoms with Crippen LogP contribution in [-0.2, 0) is 9.59 Å². The standard InChI is InChI=1S/C14H19NO3S/c1-9-6-5-7-11(8-9)19-14(3,4)13(18)15-10(2)12(16)17/h5-8,10H,1-4H3,(H,15,18)(H,16,17). The van der Waals surface area contributed by atoms with Crippen LogP contribution >= 0.6 is 11.8 Å². The maximum Gasteiger partial charge on any atom is 0.325 e. The molecule has 0 heterocycles. The van der Waals surface area contributed by atoms with Gasteiger partial charge in [-0.25, -0.2) is 0 Å². The van der Waals surface area contributed by atoms with Gasteiger partial charge in [-0.3, -0.25) is 9.59 Å². The van der Waals surface area contributed by atoms with E-state index in [1.807, 2.05) is 31.2 Å². The first-order chi connectivity index (χ1) is 8.72. The van der Waals surface area contributed by atoms with E-state index in [-0.39, 0.29) is 5.91 Å². The van der Waals surface area contributed by atoms with Crippen LogP contribution in [0, 0.1) is 6.92 Å². The Morgan fingerprint density at radius 1 is 1.37 bits per heavy atom. The minimum atomic E-state index is -1.04. The average Bonchev–Trinajstić information content (AvgIpc) is 2.27. The largest absolute Gasteiger partial charge is 0.480 e. The molecule has 1 aromatic rings. The van der Waals surface area contributed by atoms with Gasteiger partial charge in [0.25, 0.3) is 0 Å². The van der Waals surface area contributed by atoms with Crippen molar-refractivity contribution in [3.8, 4) is 0 Å². The number of rotatable bonds is 5. The second kappa shape index (κ2) is 6.10. The topological polar surface area (TPSA) is 66.4 Å². The fraction of sp³-hybridized carbons (Fsp3) is 0.429. The molecule has 0 fully saturated rings. The fourth-order valence-electron chi connectivity index (χ4n) is 1.45. The van der Waals surface area contributed by atoms with E-state index in [2.05, 4.69) is 5.32 Å². The molecule has 104 valence electrons. The number of carbonyl (C=O) groups is 2. The minimum absolute atomic E-state index is 0.283. The second-order valence-corrected chi connectivity index (χ2v) is 6.66. The van der Waals surface area contributed by atoms with E-state index >= 15 is 0 Å². The summed E-state index contributed by atoms with van der Waals surface area (Å²) in [6.07, 6.45) is 0. The van der Waals surface area contributed by atoms with Crippen LogP contribution in [0.15, 0.2) is 29.2 Å². The Morgan fingerprint density at radius 3 is 2.53 bits per heavy atom. The van der Waals surface area contributed by atoms with E-state index in [1.54, 1.807) is 13.8 Å². The predicted molar refractivity (Wildman–Crippen MR) is 76.4 cm³/mol. The summed E-state index contributed by atoms with van der Waals surface area (Å²) in [4.78, 5) is 23.8. The summed E-state index contributed by atoms with van der Waals surface area (Å²) in [5.41, 5.74) is 1.13. The zero-order valence-electron chi connectivity index (χ0n) is 11.6. The number of carbonyl (C=O) groups excluding carboxylic acids is 1. The monoisotopic (exact) mass is 281 g/mol. The summed E-state index contributed by atoms with van der Waals surface area (Å²) in [6.45, 7) is 7.01. The number of benzene rings is 1. The number of carboxylic acids is 1. The van der Waals surface area contributed by atoms with Gasteiger partial charge in [-0.05, 0) is 39.8 Å². The Balaban J connectivity index is 2.75. The minimum Gasteiger partial charge on any atom is -0.480 e. The molecule has 0 spiro atoms. The van der Waals surface area contributed by atoms with Gasteiger partial charge in [0, 0.05) is 4.90 Å². The van der Waals surface area contributed by atoms with Gasteiger partial charge in [-0.1, -0.05) is 17.7 Å². The molecule has 1 atom stereocenters. The molecule has 0 aliphatic heterocycles. The van der Waals surface area contributed by atoms with Crippen molar-refractivity contribution < 1.29 is 14.7 Å². The Bertz CT molecular complexity index is 485. The van der Waals surface area contributed by atoms with Crippen LogP contribution in [0.3, 0.4) is 0 Å². The van der Waals surface area contributed by atoms with Crippen LogP contribution in [0.25, 0.3) is 0 Å². The lowest BCUT2D eigenvalue weighted by Gasteiger charge is -2.24. The highest BCUT2D eigenvalue weighted by molar-refractivity contribution is 8.01. The number of aryl methyl sites for hydroxylation is 1. The average molecular weight is 281 g/mol. The van der Waals surface area contributed by atoms with Crippen molar-refractivity contribution in [2.24, 2.45) is 0 Å². The molecule has 1 amide bonds. The van der Waals surface area contributed by atoms with Gasteiger partial charge in [0.2, 0.25) is 5.91 Å². The lowest BCUT2D eigenvalue weighted by atomic mass is 10.2. The van der Waals surface area contributed by atoms with Crippen LogP contribution in [0.1, 0.15) is 26.3 Å². The van der Waals surface area contributed by atoms with Gasteiger partial charge in [0.1, 0.15) is 6.04 Å². The first kappa shape index (κ1) is 15.6. The maximum absolute atomic E-state index is 12.1. The van der Waals surface area contributed by atoms with Crippen molar-refractivity contribution in [2.45, 2.75) is 43.4 Å². The molecule has 0 bridgehead atoms. The van der Waals surface area contributed by atoms with Crippen molar-refractivity contribution >= 4 is 23.6 Å². The molecule has 1 unspecified atom stereocenters. The molecule has 0 aliphatic carbocycles. The van der Waals surface area contributed by atoms with Gasteiger partial charge in [-0.15, -0.1) is 11.8 Å². The smallest absolute Gasteiger partial charge is 0.325 e. The van der Waals surface area contributed by atoms with Crippen molar-refractivity contribution in [1.82, 2.24) is 5.32 Å². The predicted octanol–water partition coefficient (Wildman–Crippen LogP) is 2.46. The lowest BCUT2D eigenvalue weighted by Crippen LogP contribution is -2.46. The summed E-state index contributed by atoms with van der Waals surface area (Å²) < 4.78 is -0.725. The summed E-state index contributed by atoms with van der Waals surface area (Å²) in [6, 6.07) is 6.98. The molecule has 0 radical (unpaired) electrons. The Kier molecular flexibility index (Phi) is 5.00. The van der Waals surface area contributed by atoms with Crippen LogP contribution in [0.2, 0.25) is 0 Å². The van der Waals surface area contributed by atoms with E-state index in [4.69, 9.17) is 5.11 Å². The molecule has 19 heavy (non-hydrogen) atoms. The van der Waals surface area contributed by atoms with Gasteiger partial charge >= 0.3 is 5.97 Å². The molecule has 0 aromatic heterocycles. The Morgan fingerprint density at radius 2 is 2.00 bits per heavy atom. The lowest BCUT2D eigenvalue weighted by molar-refractivity contribution is -0.141. The molecule has 0 saturated carbocycles. The maximum atomic E-state index is 12.1. The third-order valence-corrected chi connectivity index (χ3v) is 3.81. The highest BCUT2D eigenvalue weighted by atomic mass is 32.2. The molecule has 1 rings (SSSR count). The van der Waals surface area contributed by atoms with Crippen molar-refractivity contribution in [3.05, 3.63) is 29.8 Å². The highest BCUT2D eigenvalue weighted by Gasteiger charge is 2.31. The van der Waals surface area contributed by atoms with Crippen LogP contribution in [-0.4, -0.2) is 27.8 Å². The van der Waals surface area contributed by atoms with Gasteiger partial charge in [-0.2, -0.15) is 0 Å². The molecular weight excluding hydrogens is 262 g/mol. The van der Waals surface area contributed by atoms with Gasteiger partial charge in [0.15, 0.2) is 0 Å². The van der Waals surface area contributed by atoms with E-state index < -0.39 is 16.8 Å². The number of aliphatic carboxylic acids is 1. The number of nitrogens with one attached hydrogen (secondary N) is 1. The number of amides is 1. The second-order valence-electron chi connectivity index (χ2n) is 4.96. The SMILES string of the molecule is Cc1cccc(SC(C)(C)C(=O)NC(C)C(=O)O)c1. The summed E-state index contributed by atoms with van der Waals surface area (Å²) >= 11 is 1.42. The van der Waals surface area contributed by atoms with Crippen molar-refractivity contribution in [1.29, 1.82) is 0 Å². The molecule has 4 nitrogen and oxygen atoms in total. The Hall–Kier alpha value is -1.49. The third kappa shape index (κ3) is 4.59. The molecule has 0 aliphatic rings. The zero-order valence-corrected chi connectivity index (χ0v) is 12.4. The number of carboxylic acid groups (broad SMARTS) is 1. The number of thioether (sulfide) groups is 1. The fourth-order valence-corrected chi connectivity index (χ4v) is 2.58. The van der Waals surface area contributed by atoms with Gasteiger partial charge in [0.05, 0.1) is 4.75 Å². The quantitative estimate of drug-likeness (QED) is 0.814. The van der Waals surface area contributed by atoms with E-state index in [0.717, 1.165) is 10.5 Å². The first-order valence-corrected chi connectivity index (χ1v) is 6.83. The van der Waals surface area contributed by atoms with Crippen molar-refractivity contribution in [3.63, 3.8) is 0 Å². The van der Waals surface area contributed by atoms with E-state index in [9.17, 15) is 9.59 Å². The van der Waals surface area contributed by atoms with Crippen LogP contribution in [0.5, 0.6) is 0 Å². The molecular formula is C14H19NO3S. The number of hydrogen-bond donors (Lipinski definition) is 2. The molecule has 1 aromatic carbocycles. The summed E-state index contributed by atoms with van der Waals surface area (Å²) in [7, 11) is 0. The first-order valence-electron chi connectivity index (χ1n) is 6.02. The van der Waals surface area contributed by atoms with Gasteiger partial charge < -0.3 is 10.4 Å². The summed E-state index contributed by atoms with van der Waals surface area (Å²) in [5, 5.41) is 11.3. The van der Waals surface area contributed by atoms with E-state index in [1.165, 1.54) is 18.7 Å².